The van der Waals surface area contributed by atoms with E-state index in [2.05, 4.69) is 5.32 Å². The highest BCUT2D eigenvalue weighted by molar-refractivity contribution is 6.03. The second-order valence-electron chi connectivity index (χ2n) is 14.2. The molecule has 0 unspecified atom stereocenters. The monoisotopic (exact) mass is 763 g/mol. The van der Waals surface area contributed by atoms with Gasteiger partial charge in [0.2, 0.25) is 11.7 Å². The van der Waals surface area contributed by atoms with Gasteiger partial charge in [0.25, 0.3) is 12.4 Å². The number of carboxylic acid groups (broad SMARTS) is 1. The maximum Gasteiger partial charge on any atom is 0.307 e. The zero-order valence-corrected chi connectivity index (χ0v) is 30.2. The minimum atomic E-state index is -1.37. The second kappa shape index (κ2) is 17.9. The highest BCUT2D eigenvalue weighted by atomic mass is 19.2. The van der Waals surface area contributed by atoms with Crippen LogP contribution < -0.4 is 10.1 Å². The lowest BCUT2D eigenvalue weighted by atomic mass is 9.82. The van der Waals surface area contributed by atoms with E-state index in [9.17, 15) is 42.6 Å². The molecule has 1 saturated carbocycles. The van der Waals surface area contributed by atoms with E-state index in [0.717, 1.165) is 46.7 Å². The van der Waals surface area contributed by atoms with Crippen molar-refractivity contribution in [2.75, 3.05) is 26.3 Å². The summed E-state index contributed by atoms with van der Waals surface area (Å²) < 4.78 is 51.7. The number of aliphatic hydroxyl groups excluding tert-OH is 1. The van der Waals surface area contributed by atoms with Crippen molar-refractivity contribution in [1.82, 2.24) is 15.1 Å². The van der Waals surface area contributed by atoms with Gasteiger partial charge in [-0.2, -0.15) is 4.39 Å². The molecule has 6 rings (SSSR count). The fraction of sp³-hybridized carbons (Fsp3) is 0.415. The Morgan fingerprint density at radius 1 is 0.945 bits per heavy atom. The Morgan fingerprint density at radius 3 is 2.36 bits per heavy atom. The van der Waals surface area contributed by atoms with Gasteiger partial charge in [0.15, 0.2) is 17.4 Å². The summed E-state index contributed by atoms with van der Waals surface area (Å²) in [5.41, 5.74) is 5.03. The van der Waals surface area contributed by atoms with Crippen molar-refractivity contribution in [2.24, 2.45) is 0 Å². The summed E-state index contributed by atoms with van der Waals surface area (Å²) in [5.74, 6) is -6.03. The van der Waals surface area contributed by atoms with Gasteiger partial charge in [-0.25, -0.2) is 8.78 Å². The molecule has 292 valence electrons. The quantitative estimate of drug-likeness (QED) is 0.0964. The molecule has 1 aliphatic carbocycles. The van der Waals surface area contributed by atoms with E-state index in [0.29, 0.717) is 50.4 Å². The van der Waals surface area contributed by atoms with Crippen LogP contribution in [0.1, 0.15) is 60.8 Å². The molecule has 3 aliphatic rings. The number of fused-ring (bicyclic) bond motifs is 2. The van der Waals surface area contributed by atoms with Crippen LogP contribution in [-0.4, -0.2) is 94.8 Å². The molecule has 3 N–H and O–H groups in total. The average Bonchev–Trinajstić information content (AvgIpc) is 4.01. The van der Waals surface area contributed by atoms with Crippen LogP contribution in [0.4, 0.5) is 13.2 Å². The van der Waals surface area contributed by atoms with Gasteiger partial charge < -0.3 is 34.8 Å². The number of aryl methyl sites for hydroxylation is 1. The van der Waals surface area contributed by atoms with E-state index in [1.807, 2.05) is 53.4 Å². The van der Waals surface area contributed by atoms with Gasteiger partial charge in [-0.05, 0) is 78.5 Å². The number of piperazine rings is 1. The Morgan fingerprint density at radius 2 is 1.67 bits per heavy atom. The molecule has 0 spiro atoms. The van der Waals surface area contributed by atoms with Crippen LogP contribution in [0.15, 0.2) is 66.2 Å². The first-order valence-corrected chi connectivity index (χ1v) is 18.5. The number of nitrogens with zero attached hydrogens (tertiary/aromatic N) is 2. The first-order valence-electron chi connectivity index (χ1n) is 18.5. The lowest BCUT2D eigenvalue weighted by Crippen LogP contribution is -2.62. The third-order valence-electron chi connectivity index (χ3n) is 10.3. The van der Waals surface area contributed by atoms with Gasteiger partial charge in [-0.15, -0.1) is 0 Å². The molecule has 14 heteroatoms. The molecule has 11 nitrogen and oxygen atoms in total. The van der Waals surface area contributed by atoms with Crippen LogP contribution in [-0.2, 0) is 43.3 Å². The zero-order valence-electron chi connectivity index (χ0n) is 30.2. The number of carboxylic acids is 1. The zero-order chi connectivity index (χ0) is 39.1. The Balaban J connectivity index is 1.25. The van der Waals surface area contributed by atoms with Crippen LogP contribution in [0.2, 0.25) is 0 Å². The molecule has 3 aromatic rings. The van der Waals surface area contributed by atoms with E-state index < -0.39 is 47.7 Å². The van der Waals surface area contributed by atoms with E-state index in [4.69, 9.17) is 9.47 Å². The van der Waals surface area contributed by atoms with Crippen LogP contribution in [0.25, 0.3) is 5.57 Å². The minimum Gasteiger partial charge on any atom is -0.488 e. The number of carbonyl (C=O) groups is 4. The Hall–Kier alpha value is -5.21. The number of carbonyl (C=O) groups excluding carboxylic acids is 3. The number of nitrogens with one attached hydrogen (secondary N) is 1. The number of rotatable bonds is 18. The summed E-state index contributed by atoms with van der Waals surface area (Å²) in [7, 11) is 0. The SMILES string of the molecule is O=CO[C@H](CC(=O)O)CC(=O)N1C[C@@H]2CC(c3ccc(CCCOc4c(F)ccc(F)c4F)cc3)=C(C(=O)N(Cc3ccccc3CCO)C3CC3)[C@@H](C1)N2. The van der Waals surface area contributed by atoms with Crippen molar-refractivity contribution < 1.29 is 52.0 Å². The van der Waals surface area contributed by atoms with Crippen molar-refractivity contribution >= 4 is 29.8 Å². The van der Waals surface area contributed by atoms with Crippen molar-refractivity contribution in [3.05, 3.63) is 106 Å². The fourth-order valence-electron chi connectivity index (χ4n) is 7.47. The van der Waals surface area contributed by atoms with Gasteiger partial charge in [0.1, 0.15) is 6.10 Å². The summed E-state index contributed by atoms with van der Waals surface area (Å²) in [5, 5.41) is 22.5. The third-order valence-corrected chi connectivity index (χ3v) is 10.3. The topological polar surface area (TPSA) is 146 Å². The van der Waals surface area contributed by atoms with E-state index in [1.165, 1.54) is 0 Å². The highest BCUT2D eigenvalue weighted by Crippen LogP contribution is 2.38. The van der Waals surface area contributed by atoms with Gasteiger partial charge >= 0.3 is 5.97 Å². The number of ether oxygens (including phenoxy) is 2. The Bertz CT molecular complexity index is 1920. The molecule has 2 amide bonds. The first-order chi connectivity index (χ1) is 26.6. The molecule has 3 aromatic carbocycles. The van der Waals surface area contributed by atoms with Gasteiger partial charge in [0, 0.05) is 43.9 Å². The van der Waals surface area contributed by atoms with Crippen LogP contribution >= 0.6 is 0 Å². The van der Waals surface area contributed by atoms with Crippen LogP contribution in [0.5, 0.6) is 5.75 Å². The lowest BCUT2D eigenvalue weighted by molar-refractivity contribution is -0.147. The molecule has 0 radical (unpaired) electrons. The number of aliphatic carboxylic acids is 1. The summed E-state index contributed by atoms with van der Waals surface area (Å²) in [6.07, 6.45) is 1.53. The number of hydrogen-bond acceptors (Lipinski definition) is 8. The Labute approximate surface area is 316 Å². The van der Waals surface area contributed by atoms with E-state index >= 15 is 0 Å². The number of halogens is 3. The second-order valence-corrected chi connectivity index (χ2v) is 14.2. The number of aliphatic hydroxyl groups is 1. The molecule has 2 fully saturated rings. The standard InChI is InChI=1S/C41H44F3N3O8/c42-33-13-14-34(43)40(39(33)44)54-17-3-4-25-7-9-27(10-8-25)32-18-29-22-46(36(50)19-31(55-24-49)20-37(51)52)23-35(45-29)38(32)41(53)47(30-11-12-30)21-28-6-2-1-5-26(28)15-16-48/h1-2,5-10,13-14,24,29-31,35,45,48H,3-4,11-12,15-23H2,(H,51,52)/t29-,31-,35+/m0/s1. The molecule has 55 heavy (non-hydrogen) atoms. The third kappa shape index (κ3) is 9.73. The highest BCUT2D eigenvalue weighted by Gasteiger charge is 2.43. The molecular formula is C41H44F3N3O8. The fourth-order valence-corrected chi connectivity index (χ4v) is 7.47. The Kier molecular flexibility index (Phi) is 12.9. The lowest BCUT2D eigenvalue weighted by Gasteiger charge is -2.45. The summed E-state index contributed by atoms with van der Waals surface area (Å²) in [6.45, 7) is 0.860. The maximum atomic E-state index is 14.9. The molecule has 2 heterocycles. The van der Waals surface area contributed by atoms with Crippen LogP contribution in [0, 0.1) is 17.5 Å². The van der Waals surface area contributed by atoms with Gasteiger partial charge in [0.05, 0.1) is 25.5 Å². The predicted octanol–water partition coefficient (Wildman–Crippen LogP) is 4.57. The van der Waals surface area contributed by atoms with Gasteiger partial charge in [-0.3, -0.25) is 19.2 Å². The molecule has 0 aromatic heterocycles. The van der Waals surface area contributed by atoms with E-state index in [1.54, 1.807) is 4.90 Å². The van der Waals surface area contributed by atoms with Gasteiger partial charge in [-0.1, -0.05) is 48.5 Å². The van der Waals surface area contributed by atoms with Crippen molar-refractivity contribution in [2.45, 2.75) is 82.1 Å². The first kappa shape index (κ1) is 39.5. The molecule has 1 saturated heterocycles. The number of hydrogen-bond donors (Lipinski definition) is 3. The minimum absolute atomic E-state index is 0.0265. The van der Waals surface area contributed by atoms with Crippen molar-refractivity contribution in [3.8, 4) is 5.75 Å². The average molecular weight is 764 g/mol. The number of benzene rings is 3. The van der Waals surface area contributed by atoms with Crippen LogP contribution in [0.3, 0.4) is 0 Å². The summed E-state index contributed by atoms with van der Waals surface area (Å²) in [6, 6.07) is 16.2. The summed E-state index contributed by atoms with van der Waals surface area (Å²) in [4.78, 5) is 54.3. The number of amides is 2. The predicted molar refractivity (Wildman–Crippen MR) is 194 cm³/mol. The molecule has 2 aliphatic heterocycles. The molecule has 3 atom stereocenters. The van der Waals surface area contributed by atoms with Crippen molar-refractivity contribution in [1.29, 1.82) is 0 Å². The molecular weight excluding hydrogens is 719 g/mol. The van der Waals surface area contributed by atoms with Crippen molar-refractivity contribution in [3.63, 3.8) is 0 Å². The largest absolute Gasteiger partial charge is 0.488 e. The van der Waals surface area contributed by atoms with E-state index in [-0.39, 0.29) is 56.5 Å². The smallest absolute Gasteiger partial charge is 0.307 e. The summed E-state index contributed by atoms with van der Waals surface area (Å²) >= 11 is 0. The maximum absolute atomic E-state index is 14.9. The normalized spacial score (nSPS) is 18.4. The molecule has 2 bridgehead atoms.